The minimum atomic E-state index is -0.664. The van der Waals surface area contributed by atoms with Crippen LogP contribution in [0, 0.1) is 0 Å². The highest BCUT2D eigenvalue weighted by Gasteiger charge is 2.42. The van der Waals surface area contributed by atoms with Gasteiger partial charge in [-0.05, 0) is 48.9 Å². The second-order valence-corrected chi connectivity index (χ2v) is 7.73. The molecule has 7 nitrogen and oxygen atoms in total. The molecule has 0 radical (unpaired) electrons. The number of carbonyl (C=O) groups is 2. The maximum atomic E-state index is 13.8. The van der Waals surface area contributed by atoms with Gasteiger partial charge < -0.3 is 4.74 Å². The quantitative estimate of drug-likeness (QED) is 0.513. The van der Waals surface area contributed by atoms with Gasteiger partial charge >= 0.3 is 5.97 Å². The van der Waals surface area contributed by atoms with Crippen LogP contribution in [0.25, 0.3) is 0 Å². The number of hydrazine groups is 1. The van der Waals surface area contributed by atoms with Crippen molar-refractivity contribution in [2.75, 3.05) is 18.7 Å². The van der Waals surface area contributed by atoms with Gasteiger partial charge in [-0.1, -0.05) is 60.1 Å². The lowest BCUT2D eigenvalue weighted by Crippen LogP contribution is -2.59. The first kappa shape index (κ1) is 22.4. The van der Waals surface area contributed by atoms with Crippen LogP contribution >= 0.6 is 11.6 Å². The summed E-state index contributed by atoms with van der Waals surface area (Å²) in [7, 11) is 1.63. The lowest BCUT2D eigenvalue weighted by molar-refractivity contribution is -0.137. The number of halogens is 1. The molecule has 33 heavy (non-hydrogen) atoms. The molecule has 8 heteroatoms. The van der Waals surface area contributed by atoms with E-state index in [1.54, 1.807) is 67.5 Å². The van der Waals surface area contributed by atoms with Crippen molar-refractivity contribution in [2.45, 2.75) is 13.1 Å². The number of amides is 1. The van der Waals surface area contributed by atoms with Gasteiger partial charge in [-0.15, -0.1) is 5.10 Å². The number of hydrogen-bond donors (Lipinski definition) is 0. The highest BCUT2D eigenvalue weighted by Crippen LogP contribution is 2.36. The van der Waals surface area contributed by atoms with Gasteiger partial charge in [0.05, 0.1) is 12.3 Å². The monoisotopic (exact) mass is 462 g/mol. The zero-order chi connectivity index (χ0) is 23.4. The van der Waals surface area contributed by atoms with E-state index in [4.69, 9.17) is 16.3 Å². The van der Waals surface area contributed by atoms with Crippen LogP contribution in [0.15, 0.2) is 90.0 Å². The standard InChI is InChI=1S/C25H23ClN4O3/c1-3-33-25(32)22-27-29(21-16-14-20(26)15-17-21)23(18-10-6-4-7-11-18)30(28(22)2)24(31)19-12-8-5-9-13-19/h4-17,23H,3H2,1-2H3/t23-/m1/s1. The van der Waals surface area contributed by atoms with Crippen LogP contribution in [-0.2, 0) is 9.53 Å². The van der Waals surface area contributed by atoms with Gasteiger partial charge in [-0.25, -0.2) is 14.8 Å². The SMILES string of the molecule is CCOC(=O)C1=NN(c2ccc(Cl)cc2)[C@@H](c2ccccc2)N(C(=O)c2ccccc2)N1C. The molecule has 4 rings (SSSR count). The van der Waals surface area contributed by atoms with Gasteiger partial charge in [-0.2, -0.15) is 0 Å². The summed E-state index contributed by atoms with van der Waals surface area (Å²) in [4.78, 5) is 26.6. The minimum absolute atomic E-state index is 0.0109. The number of nitrogens with zero attached hydrogens (tertiary/aromatic N) is 4. The van der Waals surface area contributed by atoms with E-state index >= 15 is 0 Å². The molecule has 1 amide bonds. The van der Waals surface area contributed by atoms with Crippen molar-refractivity contribution in [3.8, 4) is 0 Å². The van der Waals surface area contributed by atoms with E-state index in [0.717, 1.165) is 5.56 Å². The van der Waals surface area contributed by atoms with Crippen LogP contribution in [0.1, 0.15) is 29.0 Å². The molecular weight excluding hydrogens is 440 g/mol. The number of benzene rings is 3. The van der Waals surface area contributed by atoms with Crippen molar-refractivity contribution < 1.29 is 14.3 Å². The van der Waals surface area contributed by atoms with Gasteiger partial charge in [0, 0.05) is 17.6 Å². The number of esters is 1. The van der Waals surface area contributed by atoms with Crippen molar-refractivity contribution in [1.29, 1.82) is 0 Å². The number of hydrazone groups is 1. The molecule has 0 saturated carbocycles. The second kappa shape index (κ2) is 9.75. The van der Waals surface area contributed by atoms with Crippen molar-refractivity contribution in [3.63, 3.8) is 0 Å². The summed E-state index contributed by atoms with van der Waals surface area (Å²) in [5.74, 6) is -0.929. The van der Waals surface area contributed by atoms with E-state index in [2.05, 4.69) is 5.10 Å². The van der Waals surface area contributed by atoms with E-state index in [9.17, 15) is 9.59 Å². The molecule has 0 unspecified atom stereocenters. The van der Waals surface area contributed by atoms with E-state index in [1.807, 2.05) is 36.4 Å². The van der Waals surface area contributed by atoms with Crippen LogP contribution in [0.4, 0.5) is 5.69 Å². The van der Waals surface area contributed by atoms with Gasteiger partial charge in [-0.3, -0.25) is 9.80 Å². The summed E-state index contributed by atoms with van der Waals surface area (Å²) in [6, 6.07) is 25.5. The third-order valence-electron chi connectivity index (χ3n) is 5.17. The molecule has 3 aromatic carbocycles. The second-order valence-electron chi connectivity index (χ2n) is 7.29. The molecule has 0 aliphatic carbocycles. The van der Waals surface area contributed by atoms with Crippen molar-refractivity contribution in [1.82, 2.24) is 10.0 Å². The largest absolute Gasteiger partial charge is 0.460 e. The lowest BCUT2D eigenvalue weighted by Gasteiger charge is -2.46. The molecule has 168 valence electrons. The first-order chi connectivity index (χ1) is 16.0. The van der Waals surface area contributed by atoms with Crippen LogP contribution in [0.5, 0.6) is 0 Å². The van der Waals surface area contributed by atoms with E-state index in [-0.39, 0.29) is 18.3 Å². The molecule has 0 spiro atoms. The predicted molar refractivity (Wildman–Crippen MR) is 128 cm³/mol. The molecule has 1 aliphatic heterocycles. The Hall–Kier alpha value is -3.84. The summed E-state index contributed by atoms with van der Waals surface area (Å²) in [5.41, 5.74) is 1.95. The molecule has 3 aromatic rings. The lowest BCUT2D eigenvalue weighted by atomic mass is 10.1. The zero-order valence-electron chi connectivity index (χ0n) is 18.3. The smallest absolute Gasteiger partial charge is 0.377 e. The van der Waals surface area contributed by atoms with Crippen LogP contribution in [0.2, 0.25) is 5.02 Å². The topological polar surface area (TPSA) is 65.5 Å². The number of ether oxygens (including phenoxy) is 1. The maximum absolute atomic E-state index is 13.8. The third kappa shape index (κ3) is 4.54. The number of carbonyl (C=O) groups excluding carboxylic acids is 2. The molecule has 0 N–H and O–H groups in total. The number of amidine groups is 1. The average Bonchev–Trinajstić information content (AvgIpc) is 2.85. The van der Waals surface area contributed by atoms with E-state index in [1.165, 1.54) is 10.0 Å². The summed E-state index contributed by atoms with van der Waals surface area (Å²) >= 11 is 6.11. The van der Waals surface area contributed by atoms with Crippen molar-refractivity contribution in [3.05, 3.63) is 101 Å². The summed E-state index contributed by atoms with van der Waals surface area (Å²) in [6.45, 7) is 1.90. The highest BCUT2D eigenvalue weighted by atomic mass is 35.5. The fraction of sp³-hybridized carbons (Fsp3) is 0.160. The third-order valence-corrected chi connectivity index (χ3v) is 5.42. The first-order valence-electron chi connectivity index (χ1n) is 10.5. The number of likely N-dealkylation sites (N-methyl/N-ethyl adjacent to an activating group) is 1. The first-order valence-corrected chi connectivity index (χ1v) is 10.9. The molecule has 0 fully saturated rings. The number of anilines is 1. The van der Waals surface area contributed by atoms with Crippen LogP contribution in [0.3, 0.4) is 0 Å². The Morgan fingerprint density at radius 3 is 2.15 bits per heavy atom. The van der Waals surface area contributed by atoms with Gasteiger partial charge in [0.1, 0.15) is 0 Å². The van der Waals surface area contributed by atoms with Gasteiger partial charge in [0.15, 0.2) is 6.17 Å². The summed E-state index contributed by atoms with van der Waals surface area (Å²) < 4.78 is 5.23. The summed E-state index contributed by atoms with van der Waals surface area (Å²) in [5, 5.41) is 9.80. The fourth-order valence-corrected chi connectivity index (χ4v) is 3.75. The fourth-order valence-electron chi connectivity index (χ4n) is 3.62. The molecule has 0 bridgehead atoms. The van der Waals surface area contributed by atoms with Gasteiger partial charge in [0.2, 0.25) is 0 Å². The Morgan fingerprint density at radius 2 is 1.55 bits per heavy atom. The normalized spacial score (nSPS) is 15.8. The predicted octanol–water partition coefficient (Wildman–Crippen LogP) is 4.72. The Kier molecular flexibility index (Phi) is 6.60. The van der Waals surface area contributed by atoms with Gasteiger partial charge in [0.25, 0.3) is 11.7 Å². The van der Waals surface area contributed by atoms with Crippen LogP contribution in [-0.4, -0.2) is 41.4 Å². The number of rotatable bonds is 5. The minimum Gasteiger partial charge on any atom is -0.460 e. The Labute approximate surface area is 197 Å². The van der Waals surface area contributed by atoms with Crippen LogP contribution < -0.4 is 5.01 Å². The Balaban J connectivity index is 1.91. The Morgan fingerprint density at radius 1 is 0.939 bits per heavy atom. The Bertz CT molecular complexity index is 1150. The van der Waals surface area contributed by atoms with Crippen molar-refractivity contribution >= 4 is 35.0 Å². The highest BCUT2D eigenvalue weighted by molar-refractivity contribution is 6.35. The molecule has 1 heterocycles. The maximum Gasteiger partial charge on any atom is 0.377 e. The average molecular weight is 463 g/mol. The molecular formula is C25H23ClN4O3. The summed E-state index contributed by atoms with van der Waals surface area (Å²) in [6.07, 6.45) is -0.664. The zero-order valence-corrected chi connectivity index (χ0v) is 19.0. The molecule has 1 atom stereocenters. The molecule has 1 aliphatic rings. The molecule has 0 aromatic heterocycles. The number of hydrogen-bond acceptors (Lipinski definition) is 6. The van der Waals surface area contributed by atoms with E-state index < -0.39 is 12.1 Å². The van der Waals surface area contributed by atoms with Crippen molar-refractivity contribution in [2.24, 2.45) is 5.10 Å². The van der Waals surface area contributed by atoms with E-state index in [0.29, 0.717) is 16.3 Å². The molecule has 0 saturated heterocycles.